The van der Waals surface area contributed by atoms with Crippen LogP contribution in [0.4, 0.5) is 14.5 Å². The Balaban J connectivity index is 2.14. The molecule has 0 fully saturated rings. The van der Waals surface area contributed by atoms with Crippen molar-refractivity contribution in [3.05, 3.63) is 51.7 Å². The molecule has 4 nitrogen and oxygen atoms in total. The quantitative estimate of drug-likeness (QED) is 0.806. The predicted molar refractivity (Wildman–Crippen MR) is 78.0 cm³/mol. The van der Waals surface area contributed by atoms with Gasteiger partial charge in [0.1, 0.15) is 10.9 Å². The maximum Gasteiger partial charge on any atom is 0.387 e. The molecule has 0 bridgehead atoms. The molecule has 0 radical (unpaired) electrons. The molecule has 110 valence electrons. The Bertz CT molecular complexity index is 670. The molecule has 2 rings (SSSR count). The third-order valence-electron chi connectivity index (χ3n) is 2.38. The fourth-order valence-electron chi connectivity index (χ4n) is 1.51. The number of anilines is 1. The first-order chi connectivity index (χ1) is 9.95. The van der Waals surface area contributed by atoms with Gasteiger partial charge in [0, 0.05) is 5.56 Å². The van der Waals surface area contributed by atoms with Gasteiger partial charge in [0.25, 0.3) is 5.91 Å². The van der Waals surface area contributed by atoms with Crippen LogP contribution in [0.25, 0.3) is 0 Å². The Kier molecular flexibility index (Phi) is 5.08. The van der Waals surface area contributed by atoms with Crippen molar-refractivity contribution in [2.24, 2.45) is 0 Å². The van der Waals surface area contributed by atoms with Gasteiger partial charge in [-0.3, -0.25) is 4.79 Å². The average molecular weight is 378 g/mol. The summed E-state index contributed by atoms with van der Waals surface area (Å²) in [5, 5.41) is 2.84. The number of carbonyl (C=O) groups is 1. The standard InChI is InChI=1S/C13H8BrClF2N2O2/c14-10-5-8(6-18-11(10)15)19-12(20)7-2-1-3-9(4-7)21-13(16)17/h1-6,13H,(H,19,20). The average Bonchev–Trinajstić information content (AvgIpc) is 2.42. The number of alkyl halides is 2. The minimum Gasteiger partial charge on any atom is -0.435 e. The van der Waals surface area contributed by atoms with E-state index < -0.39 is 12.5 Å². The predicted octanol–water partition coefficient (Wildman–Crippen LogP) is 4.35. The van der Waals surface area contributed by atoms with Crippen LogP contribution in [0.2, 0.25) is 5.15 Å². The van der Waals surface area contributed by atoms with Crippen molar-refractivity contribution >= 4 is 39.1 Å². The molecule has 1 aromatic heterocycles. The molecule has 8 heteroatoms. The van der Waals surface area contributed by atoms with E-state index in [1.165, 1.54) is 30.5 Å². The summed E-state index contributed by atoms with van der Waals surface area (Å²) in [5.74, 6) is -0.571. The maximum absolute atomic E-state index is 12.1. The topological polar surface area (TPSA) is 51.2 Å². The highest BCUT2D eigenvalue weighted by Gasteiger charge is 2.10. The number of hydrogen-bond acceptors (Lipinski definition) is 3. The van der Waals surface area contributed by atoms with Crippen molar-refractivity contribution in [3.8, 4) is 5.75 Å². The van der Waals surface area contributed by atoms with E-state index in [9.17, 15) is 13.6 Å². The van der Waals surface area contributed by atoms with E-state index in [2.05, 4.69) is 31.0 Å². The van der Waals surface area contributed by atoms with E-state index in [1.807, 2.05) is 0 Å². The van der Waals surface area contributed by atoms with Gasteiger partial charge in [-0.15, -0.1) is 0 Å². The van der Waals surface area contributed by atoms with E-state index in [1.54, 1.807) is 6.07 Å². The van der Waals surface area contributed by atoms with Crippen molar-refractivity contribution in [2.75, 3.05) is 5.32 Å². The van der Waals surface area contributed by atoms with Gasteiger partial charge in [-0.25, -0.2) is 4.98 Å². The first-order valence-corrected chi connectivity index (χ1v) is 6.80. The zero-order chi connectivity index (χ0) is 15.4. The van der Waals surface area contributed by atoms with Crippen molar-refractivity contribution in [3.63, 3.8) is 0 Å². The van der Waals surface area contributed by atoms with Gasteiger partial charge in [0.05, 0.1) is 16.4 Å². The normalized spacial score (nSPS) is 10.5. The highest BCUT2D eigenvalue weighted by atomic mass is 79.9. The van der Waals surface area contributed by atoms with Gasteiger partial charge < -0.3 is 10.1 Å². The second-order valence-corrected chi connectivity index (χ2v) is 5.07. The second-order valence-electron chi connectivity index (χ2n) is 3.86. The van der Waals surface area contributed by atoms with Crippen molar-refractivity contribution in [1.29, 1.82) is 0 Å². The highest BCUT2D eigenvalue weighted by molar-refractivity contribution is 9.10. The second kappa shape index (κ2) is 6.82. The molecule has 1 N–H and O–H groups in total. The molecule has 2 aromatic rings. The number of amides is 1. The zero-order valence-corrected chi connectivity index (χ0v) is 12.7. The molecule has 1 aromatic carbocycles. The maximum atomic E-state index is 12.1. The van der Waals surface area contributed by atoms with Crippen LogP contribution in [-0.4, -0.2) is 17.5 Å². The number of carbonyl (C=O) groups excluding carboxylic acids is 1. The minimum absolute atomic E-state index is 0.0898. The monoisotopic (exact) mass is 376 g/mol. The molecule has 21 heavy (non-hydrogen) atoms. The number of benzene rings is 1. The lowest BCUT2D eigenvalue weighted by Gasteiger charge is -2.08. The van der Waals surface area contributed by atoms with Gasteiger partial charge in [0.15, 0.2) is 0 Å². The van der Waals surface area contributed by atoms with Crippen LogP contribution in [0.1, 0.15) is 10.4 Å². The Morgan fingerprint density at radius 2 is 2.14 bits per heavy atom. The third kappa shape index (κ3) is 4.37. The summed E-state index contributed by atoms with van der Waals surface area (Å²) in [5.41, 5.74) is 0.593. The number of rotatable bonds is 4. The summed E-state index contributed by atoms with van der Waals surface area (Å²) in [7, 11) is 0. The van der Waals surface area contributed by atoms with Crippen LogP contribution >= 0.6 is 27.5 Å². The highest BCUT2D eigenvalue weighted by Crippen LogP contribution is 2.23. The third-order valence-corrected chi connectivity index (χ3v) is 3.51. The molecule has 0 spiro atoms. The van der Waals surface area contributed by atoms with E-state index in [0.29, 0.717) is 10.2 Å². The molecule has 0 atom stereocenters. The van der Waals surface area contributed by atoms with Crippen molar-refractivity contribution in [1.82, 2.24) is 4.98 Å². The van der Waals surface area contributed by atoms with E-state index in [4.69, 9.17) is 11.6 Å². The Labute approximate surface area is 132 Å². The number of pyridine rings is 1. The lowest BCUT2D eigenvalue weighted by Crippen LogP contribution is -2.12. The van der Waals surface area contributed by atoms with Crippen LogP contribution in [0.15, 0.2) is 41.0 Å². The largest absolute Gasteiger partial charge is 0.435 e. The van der Waals surface area contributed by atoms with Crippen molar-refractivity contribution < 1.29 is 18.3 Å². The SMILES string of the molecule is O=C(Nc1cnc(Cl)c(Br)c1)c1cccc(OC(F)F)c1. The minimum atomic E-state index is -2.94. The molecule has 0 aliphatic heterocycles. The first-order valence-electron chi connectivity index (χ1n) is 5.63. The molecular formula is C13H8BrClF2N2O2. The molecular weight excluding hydrogens is 370 g/mol. The lowest BCUT2D eigenvalue weighted by molar-refractivity contribution is -0.0498. The summed E-state index contributed by atoms with van der Waals surface area (Å²) in [6, 6.07) is 7.06. The van der Waals surface area contributed by atoms with Crippen LogP contribution in [0.5, 0.6) is 5.75 Å². The summed E-state index contributed by atoms with van der Waals surface area (Å²) in [4.78, 5) is 15.9. The number of ether oxygens (including phenoxy) is 1. The molecule has 1 amide bonds. The summed E-state index contributed by atoms with van der Waals surface area (Å²) < 4.78 is 29.0. The Morgan fingerprint density at radius 1 is 1.38 bits per heavy atom. The van der Waals surface area contributed by atoms with Gasteiger partial charge in [0.2, 0.25) is 0 Å². The number of halogens is 4. The van der Waals surface area contributed by atoms with Crippen LogP contribution < -0.4 is 10.1 Å². The number of aromatic nitrogens is 1. The number of hydrogen-bond donors (Lipinski definition) is 1. The first kappa shape index (κ1) is 15.7. The summed E-state index contributed by atoms with van der Waals surface area (Å²) >= 11 is 8.93. The van der Waals surface area contributed by atoms with Gasteiger partial charge >= 0.3 is 6.61 Å². The number of nitrogens with zero attached hydrogens (tertiary/aromatic N) is 1. The van der Waals surface area contributed by atoms with Crippen LogP contribution in [0, 0.1) is 0 Å². The molecule has 0 saturated heterocycles. The lowest BCUT2D eigenvalue weighted by atomic mass is 10.2. The molecule has 0 aliphatic carbocycles. The zero-order valence-electron chi connectivity index (χ0n) is 10.3. The fraction of sp³-hybridized carbons (Fsp3) is 0.0769. The van der Waals surface area contributed by atoms with Gasteiger partial charge in [-0.05, 0) is 40.2 Å². The Hall–Kier alpha value is -1.73. The Morgan fingerprint density at radius 3 is 2.81 bits per heavy atom. The van der Waals surface area contributed by atoms with Gasteiger partial charge in [-0.2, -0.15) is 8.78 Å². The van der Waals surface area contributed by atoms with Crippen molar-refractivity contribution in [2.45, 2.75) is 6.61 Å². The van der Waals surface area contributed by atoms with E-state index >= 15 is 0 Å². The summed E-state index contributed by atoms with van der Waals surface area (Å²) in [6.07, 6.45) is 1.38. The molecule has 0 aliphatic rings. The molecule has 1 heterocycles. The van der Waals surface area contributed by atoms with E-state index in [0.717, 1.165) is 0 Å². The van der Waals surface area contributed by atoms with E-state index in [-0.39, 0.29) is 16.5 Å². The van der Waals surface area contributed by atoms with Crippen LogP contribution in [-0.2, 0) is 0 Å². The van der Waals surface area contributed by atoms with Crippen LogP contribution in [0.3, 0.4) is 0 Å². The molecule has 0 unspecified atom stereocenters. The van der Waals surface area contributed by atoms with Gasteiger partial charge in [-0.1, -0.05) is 17.7 Å². The fourth-order valence-corrected chi connectivity index (χ4v) is 1.96. The summed E-state index contributed by atoms with van der Waals surface area (Å²) in [6.45, 7) is -2.94. The molecule has 0 saturated carbocycles. The number of nitrogens with one attached hydrogen (secondary N) is 1. The smallest absolute Gasteiger partial charge is 0.387 e.